The molecule has 2 aromatic rings. The third-order valence-electron chi connectivity index (χ3n) is 4.91. The van der Waals surface area contributed by atoms with Crippen LogP contribution in [0.5, 0.6) is 0 Å². The lowest BCUT2D eigenvalue weighted by Gasteiger charge is -2.36. The molecule has 164 valence electrons. The standard InChI is InChI=1S/C21H27FN4O2S.HI/c22-19-7-9-20(10-8-19)25-12-14-26(15-13-25)21(23)24-11-4-16-29(27,28)17-18-5-2-1-3-6-18;/h1-3,5-10H,4,11-17H2,(H2,23,24);1H. The van der Waals surface area contributed by atoms with Gasteiger partial charge in [-0.2, -0.15) is 0 Å². The molecule has 0 bridgehead atoms. The molecule has 2 N–H and O–H groups in total. The maximum Gasteiger partial charge on any atom is 0.191 e. The van der Waals surface area contributed by atoms with Gasteiger partial charge in [-0.25, -0.2) is 12.8 Å². The van der Waals surface area contributed by atoms with Gasteiger partial charge in [-0.3, -0.25) is 4.99 Å². The molecule has 0 atom stereocenters. The minimum Gasteiger partial charge on any atom is -0.370 e. The molecule has 1 fully saturated rings. The predicted octanol–water partition coefficient (Wildman–Crippen LogP) is 2.89. The predicted molar refractivity (Wildman–Crippen MR) is 131 cm³/mol. The van der Waals surface area contributed by atoms with Gasteiger partial charge in [0.1, 0.15) is 5.82 Å². The summed E-state index contributed by atoms with van der Waals surface area (Å²) in [4.78, 5) is 8.53. The van der Waals surface area contributed by atoms with Crippen molar-refractivity contribution >= 4 is 45.5 Å². The fraction of sp³-hybridized carbons (Fsp3) is 0.381. The molecule has 0 spiro atoms. The maximum absolute atomic E-state index is 13.1. The summed E-state index contributed by atoms with van der Waals surface area (Å²) in [5, 5.41) is 0. The second-order valence-corrected chi connectivity index (χ2v) is 9.31. The monoisotopic (exact) mass is 546 g/mol. The topological polar surface area (TPSA) is 79.0 Å². The van der Waals surface area contributed by atoms with Crippen LogP contribution in [0.25, 0.3) is 0 Å². The van der Waals surface area contributed by atoms with Gasteiger partial charge in [-0.15, -0.1) is 24.0 Å². The normalized spacial score (nSPS) is 15.0. The van der Waals surface area contributed by atoms with Gasteiger partial charge in [0.2, 0.25) is 0 Å². The molecule has 1 aliphatic heterocycles. The number of halogens is 2. The quantitative estimate of drug-likeness (QED) is 0.250. The highest BCUT2D eigenvalue weighted by Gasteiger charge is 2.18. The molecule has 30 heavy (non-hydrogen) atoms. The van der Waals surface area contributed by atoms with E-state index in [-0.39, 0.29) is 41.3 Å². The Morgan fingerprint density at radius 1 is 1.00 bits per heavy atom. The number of piperazine rings is 1. The van der Waals surface area contributed by atoms with E-state index in [1.165, 1.54) is 12.1 Å². The zero-order valence-electron chi connectivity index (χ0n) is 16.8. The summed E-state index contributed by atoms with van der Waals surface area (Å²) in [7, 11) is -3.16. The molecule has 2 aromatic carbocycles. The Labute approximate surface area is 194 Å². The average molecular weight is 546 g/mol. The van der Waals surface area contributed by atoms with Crippen LogP contribution in [0.15, 0.2) is 59.6 Å². The Hall–Kier alpha value is -1.88. The van der Waals surface area contributed by atoms with Crippen molar-refractivity contribution in [3.8, 4) is 0 Å². The molecule has 3 rings (SSSR count). The fourth-order valence-electron chi connectivity index (χ4n) is 3.32. The van der Waals surface area contributed by atoms with Crippen LogP contribution in [-0.4, -0.2) is 57.8 Å². The number of anilines is 1. The second kappa shape index (κ2) is 11.5. The molecule has 0 saturated carbocycles. The second-order valence-electron chi connectivity index (χ2n) is 7.12. The molecule has 1 aliphatic rings. The molecule has 0 aliphatic carbocycles. The third kappa shape index (κ3) is 7.42. The average Bonchev–Trinajstić information content (AvgIpc) is 2.72. The van der Waals surface area contributed by atoms with Crippen LogP contribution >= 0.6 is 24.0 Å². The molecule has 0 aromatic heterocycles. The van der Waals surface area contributed by atoms with Crippen LogP contribution in [-0.2, 0) is 15.6 Å². The molecule has 9 heteroatoms. The van der Waals surface area contributed by atoms with Gasteiger partial charge in [-0.1, -0.05) is 30.3 Å². The van der Waals surface area contributed by atoms with Crippen LogP contribution in [0.3, 0.4) is 0 Å². The molecule has 6 nitrogen and oxygen atoms in total. The van der Waals surface area contributed by atoms with Gasteiger partial charge in [0.15, 0.2) is 15.8 Å². The van der Waals surface area contributed by atoms with Gasteiger partial charge in [-0.05, 0) is 36.2 Å². The Morgan fingerprint density at radius 2 is 1.63 bits per heavy atom. The van der Waals surface area contributed by atoms with E-state index in [0.717, 1.165) is 37.4 Å². The lowest BCUT2D eigenvalue weighted by atomic mass is 10.2. The van der Waals surface area contributed by atoms with E-state index in [1.54, 1.807) is 12.1 Å². The van der Waals surface area contributed by atoms with Crippen LogP contribution in [0.1, 0.15) is 12.0 Å². The molecular weight excluding hydrogens is 518 g/mol. The van der Waals surface area contributed by atoms with E-state index in [0.29, 0.717) is 18.9 Å². The van der Waals surface area contributed by atoms with Crippen LogP contribution in [0, 0.1) is 5.82 Å². The Bertz CT molecular complexity index is 916. The van der Waals surface area contributed by atoms with E-state index < -0.39 is 9.84 Å². The van der Waals surface area contributed by atoms with Crippen LogP contribution < -0.4 is 10.6 Å². The maximum atomic E-state index is 13.1. The van der Waals surface area contributed by atoms with Gasteiger partial charge in [0.25, 0.3) is 0 Å². The van der Waals surface area contributed by atoms with Crippen molar-refractivity contribution in [1.29, 1.82) is 0 Å². The van der Waals surface area contributed by atoms with Crippen LogP contribution in [0.4, 0.5) is 10.1 Å². The van der Waals surface area contributed by atoms with E-state index >= 15 is 0 Å². The zero-order valence-corrected chi connectivity index (χ0v) is 19.9. The molecule has 1 heterocycles. The lowest BCUT2D eigenvalue weighted by Crippen LogP contribution is -2.51. The summed E-state index contributed by atoms with van der Waals surface area (Å²) in [6.07, 6.45) is 0.450. The van der Waals surface area contributed by atoms with E-state index in [1.807, 2.05) is 35.2 Å². The highest BCUT2D eigenvalue weighted by molar-refractivity contribution is 14.0. The largest absolute Gasteiger partial charge is 0.370 e. The summed E-state index contributed by atoms with van der Waals surface area (Å²) in [5.74, 6) is 0.355. The van der Waals surface area contributed by atoms with Crippen molar-refractivity contribution in [2.45, 2.75) is 12.2 Å². The van der Waals surface area contributed by atoms with Gasteiger partial charge in [0, 0.05) is 38.4 Å². The first-order valence-corrected chi connectivity index (χ1v) is 11.5. The number of sulfone groups is 1. The highest BCUT2D eigenvalue weighted by Crippen LogP contribution is 2.16. The Morgan fingerprint density at radius 3 is 2.27 bits per heavy atom. The Kier molecular flexibility index (Phi) is 9.35. The van der Waals surface area contributed by atoms with Crippen molar-refractivity contribution in [3.63, 3.8) is 0 Å². The smallest absolute Gasteiger partial charge is 0.191 e. The van der Waals surface area contributed by atoms with Crippen molar-refractivity contribution in [2.75, 3.05) is 43.4 Å². The summed E-state index contributed by atoms with van der Waals surface area (Å²) in [6.45, 7) is 3.37. The number of hydrogen-bond acceptors (Lipinski definition) is 4. The Balaban J connectivity index is 0.00000320. The number of rotatable bonds is 7. The summed E-state index contributed by atoms with van der Waals surface area (Å²) >= 11 is 0. The van der Waals surface area contributed by atoms with Crippen molar-refractivity contribution in [3.05, 3.63) is 66.0 Å². The molecule has 0 unspecified atom stereocenters. The van der Waals surface area contributed by atoms with E-state index in [2.05, 4.69) is 9.89 Å². The molecule has 0 radical (unpaired) electrons. The zero-order chi connectivity index (χ0) is 20.7. The van der Waals surface area contributed by atoms with Crippen LogP contribution in [0.2, 0.25) is 0 Å². The lowest BCUT2D eigenvalue weighted by molar-refractivity contribution is 0.380. The number of benzene rings is 2. The highest BCUT2D eigenvalue weighted by atomic mass is 127. The van der Waals surface area contributed by atoms with Gasteiger partial charge < -0.3 is 15.5 Å². The number of hydrogen-bond donors (Lipinski definition) is 1. The first-order chi connectivity index (χ1) is 13.9. The number of aliphatic imine (C=N–C) groups is 1. The van der Waals surface area contributed by atoms with Gasteiger partial charge in [0.05, 0.1) is 11.5 Å². The summed E-state index contributed by atoms with van der Waals surface area (Å²) in [6, 6.07) is 15.7. The molecule has 0 amide bonds. The SMILES string of the molecule is I.NC(=NCCCS(=O)(=O)Cc1ccccc1)N1CCN(c2ccc(F)cc2)CC1. The van der Waals surface area contributed by atoms with Crippen molar-refractivity contribution in [2.24, 2.45) is 10.7 Å². The van der Waals surface area contributed by atoms with Crippen molar-refractivity contribution in [1.82, 2.24) is 4.90 Å². The molecular formula is C21H28FIN4O2S. The fourth-order valence-corrected chi connectivity index (χ4v) is 4.74. The third-order valence-corrected chi connectivity index (χ3v) is 6.60. The first kappa shape index (κ1) is 24.4. The van der Waals surface area contributed by atoms with E-state index in [4.69, 9.17) is 5.73 Å². The summed E-state index contributed by atoms with van der Waals surface area (Å²) in [5.41, 5.74) is 7.88. The van der Waals surface area contributed by atoms with Crippen molar-refractivity contribution < 1.29 is 12.8 Å². The molecule has 1 saturated heterocycles. The number of nitrogens with zero attached hydrogens (tertiary/aromatic N) is 3. The van der Waals surface area contributed by atoms with E-state index in [9.17, 15) is 12.8 Å². The minimum atomic E-state index is -3.16. The summed E-state index contributed by atoms with van der Waals surface area (Å²) < 4.78 is 37.5. The van der Waals surface area contributed by atoms with Gasteiger partial charge >= 0.3 is 0 Å². The number of nitrogens with two attached hydrogens (primary N) is 1. The minimum absolute atomic E-state index is 0. The first-order valence-electron chi connectivity index (χ1n) is 9.73. The number of guanidine groups is 1.